The number of amides is 1. The maximum Gasteiger partial charge on any atom is 0.263 e. The molecule has 0 aliphatic carbocycles. The van der Waals surface area contributed by atoms with Crippen LogP contribution < -0.4 is 5.32 Å². The van der Waals surface area contributed by atoms with Gasteiger partial charge in [-0.3, -0.25) is 4.79 Å². The van der Waals surface area contributed by atoms with E-state index in [4.69, 9.17) is 11.6 Å². The number of thiazole rings is 1. The monoisotopic (exact) mass is 322 g/mol. The van der Waals surface area contributed by atoms with Gasteiger partial charge < -0.3 is 5.32 Å². The summed E-state index contributed by atoms with van der Waals surface area (Å²) in [6.07, 6.45) is 0.876. The second-order valence-corrected chi connectivity index (χ2v) is 7.07. The Morgan fingerprint density at radius 1 is 1.33 bits per heavy atom. The smallest absolute Gasteiger partial charge is 0.263 e. The summed E-state index contributed by atoms with van der Waals surface area (Å²) in [4.78, 5) is 17.5. The van der Waals surface area contributed by atoms with Crippen molar-refractivity contribution in [2.45, 2.75) is 39.7 Å². The van der Waals surface area contributed by atoms with Gasteiger partial charge >= 0.3 is 0 Å². The highest BCUT2D eigenvalue weighted by Crippen LogP contribution is 2.29. The summed E-state index contributed by atoms with van der Waals surface area (Å²) in [6.45, 7) is 7.95. The van der Waals surface area contributed by atoms with E-state index < -0.39 is 0 Å². The fourth-order valence-corrected chi connectivity index (χ4v) is 2.87. The Kier molecular flexibility index (Phi) is 4.69. The average Bonchev–Trinajstić information content (AvgIpc) is 2.81. The topological polar surface area (TPSA) is 42.0 Å². The lowest BCUT2D eigenvalue weighted by Gasteiger charge is -2.24. The van der Waals surface area contributed by atoms with Crippen molar-refractivity contribution in [3.63, 3.8) is 0 Å². The molecule has 21 heavy (non-hydrogen) atoms. The average molecular weight is 323 g/mol. The lowest BCUT2D eigenvalue weighted by atomic mass is 10.0. The van der Waals surface area contributed by atoms with E-state index in [-0.39, 0.29) is 11.4 Å². The minimum Gasteiger partial charge on any atom is -0.346 e. The van der Waals surface area contributed by atoms with E-state index in [1.165, 1.54) is 11.3 Å². The molecule has 0 saturated carbocycles. The SMILES string of the molecule is CCC(C)(C)NC(=O)c1sc(-c2ccc(Cl)cc2)nc1C. The molecule has 112 valence electrons. The summed E-state index contributed by atoms with van der Waals surface area (Å²) in [5.41, 5.74) is 1.52. The molecule has 0 bridgehead atoms. The number of hydrogen-bond donors (Lipinski definition) is 1. The molecule has 0 atom stereocenters. The van der Waals surface area contributed by atoms with E-state index >= 15 is 0 Å². The van der Waals surface area contributed by atoms with Crippen molar-refractivity contribution >= 4 is 28.8 Å². The maximum absolute atomic E-state index is 12.4. The Morgan fingerprint density at radius 2 is 1.95 bits per heavy atom. The Morgan fingerprint density at radius 3 is 2.52 bits per heavy atom. The van der Waals surface area contributed by atoms with Crippen molar-refractivity contribution in [2.24, 2.45) is 0 Å². The van der Waals surface area contributed by atoms with Crippen molar-refractivity contribution in [3.05, 3.63) is 39.9 Å². The Labute approximate surface area is 134 Å². The molecular formula is C16H19ClN2OS. The van der Waals surface area contributed by atoms with Gasteiger partial charge in [0.05, 0.1) is 5.69 Å². The quantitative estimate of drug-likeness (QED) is 0.887. The highest BCUT2D eigenvalue weighted by atomic mass is 35.5. The predicted octanol–water partition coefficient (Wildman–Crippen LogP) is 4.69. The number of hydrogen-bond acceptors (Lipinski definition) is 3. The molecule has 0 spiro atoms. The van der Waals surface area contributed by atoms with Crippen molar-refractivity contribution in [1.82, 2.24) is 10.3 Å². The molecule has 0 saturated heterocycles. The Bertz CT molecular complexity index is 647. The first-order valence-corrected chi connectivity index (χ1v) is 8.08. The molecular weight excluding hydrogens is 304 g/mol. The highest BCUT2D eigenvalue weighted by Gasteiger charge is 2.22. The van der Waals surface area contributed by atoms with Gasteiger partial charge in [-0.2, -0.15) is 0 Å². The molecule has 0 radical (unpaired) electrons. The highest BCUT2D eigenvalue weighted by molar-refractivity contribution is 7.17. The van der Waals surface area contributed by atoms with E-state index in [2.05, 4.69) is 17.2 Å². The van der Waals surface area contributed by atoms with E-state index in [9.17, 15) is 4.79 Å². The molecule has 3 nitrogen and oxygen atoms in total. The van der Waals surface area contributed by atoms with Crippen LogP contribution in [0.25, 0.3) is 10.6 Å². The normalized spacial score (nSPS) is 11.5. The van der Waals surface area contributed by atoms with E-state index in [0.29, 0.717) is 9.90 Å². The van der Waals surface area contributed by atoms with Gasteiger partial charge in [0.2, 0.25) is 0 Å². The van der Waals surface area contributed by atoms with Crippen LogP contribution >= 0.6 is 22.9 Å². The van der Waals surface area contributed by atoms with Gasteiger partial charge in [0.1, 0.15) is 9.88 Å². The predicted molar refractivity (Wildman–Crippen MR) is 89.1 cm³/mol. The number of nitrogens with one attached hydrogen (secondary N) is 1. The van der Waals surface area contributed by atoms with Gasteiger partial charge in [0.25, 0.3) is 5.91 Å². The third kappa shape index (κ3) is 3.83. The molecule has 2 aromatic rings. The van der Waals surface area contributed by atoms with Crippen LogP contribution in [0.3, 0.4) is 0 Å². The van der Waals surface area contributed by atoms with Crippen LogP contribution in [0.1, 0.15) is 42.6 Å². The minimum atomic E-state index is -0.214. The molecule has 1 aromatic carbocycles. The van der Waals surface area contributed by atoms with Crippen LogP contribution in [-0.2, 0) is 0 Å². The van der Waals surface area contributed by atoms with Gasteiger partial charge in [-0.05, 0) is 39.3 Å². The number of carbonyl (C=O) groups excluding carboxylic acids is 1. The summed E-state index contributed by atoms with van der Waals surface area (Å²) in [7, 11) is 0. The number of aryl methyl sites for hydroxylation is 1. The molecule has 1 N–H and O–H groups in total. The summed E-state index contributed by atoms with van der Waals surface area (Å²) >= 11 is 7.31. The van der Waals surface area contributed by atoms with Crippen LogP contribution in [0.15, 0.2) is 24.3 Å². The lowest BCUT2D eigenvalue weighted by Crippen LogP contribution is -2.42. The second-order valence-electron chi connectivity index (χ2n) is 5.63. The van der Waals surface area contributed by atoms with Crippen molar-refractivity contribution < 1.29 is 4.79 Å². The third-order valence-corrected chi connectivity index (χ3v) is 4.89. The molecule has 0 fully saturated rings. The van der Waals surface area contributed by atoms with Gasteiger partial charge in [-0.15, -0.1) is 11.3 Å². The number of aromatic nitrogens is 1. The molecule has 1 aromatic heterocycles. The second kappa shape index (κ2) is 6.16. The van der Waals surface area contributed by atoms with E-state index in [0.717, 1.165) is 22.7 Å². The van der Waals surface area contributed by atoms with Gasteiger partial charge in [0.15, 0.2) is 0 Å². The molecule has 2 rings (SSSR count). The molecule has 1 amide bonds. The van der Waals surface area contributed by atoms with Gasteiger partial charge in [0, 0.05) is 16.1 Å². The Balaban J connectivity index is 2.27. The molecule has 0 unspecified atom stereocenters. The first kappa shape index (κ1) is 16.0. The fraction of sp³-hybridized carbons (Fsp3) is 0.375. The maximum atomic E-state index is 12.4. The largest absolute Gasteiger partial charge is 0.346 e. The van der Waals surface area contributed by atoms with Crippen LogP contribution in [0.2, 0.25) is 5.02 Å². The number of nitrogens with zero attached hydrogens (tertiary/aromatic N) is 1. The first-order chi connectivity index (χ1) is 9.82. The van der Waals surface area contributed by atoms with E-state index in [1.54, 1.807) is 0 Å². The summed E-state index contributed by atoms with van der Waals surface area (Å²) in [6, 6.07) is 7.48. The molecule has 5 heteroatoms. The van der Waals surface area contributed by atoms with Crippen LogP contribution in [0, 0.1) is 6.92 Å². The molecule has 1 heterocycles. The van der Waals surface area contributed by atoms with Gasteiger partial charge in [-0.25, -0.2) is 4.98 Å². The van der Waals surface area contributed by atoms with E-state index in [1.807, 2.05) is 45.0 Å². The summed E-state index contributed by atoms with van der Waals surface area (Å²) < 4.78 is 0. The lowest BCUT2D eigenvalue weighted by molar-refractivity contribution is 0.0914. The van der Waals surface area contributed by atoms with Crippen LogP contribution in [-0.4, -0.2) is 16.4 Å². The summed E-state index contributed by atoms with van der Waals surface area (Å²) in [5, 5.41) is 4.57. The number of halogens is 1. The van der Waals surface area contributed by atoms with Crippen LogP contribution in [0.5, 0.6) is 0 Å². The number of carbonyl (C=O) groups is 1. The van der Waals surface area contributed by atoms with Crippen molar-refractivity contribution in [2.75, 3.05) is 0 Å². The van der Waals surface area contributed by atoms with Crippen LogP contribution in [0.4, 0.5) is 0 Å². The van der Waals surface area contributed by atoms with Gasteiger partial charge in [-0.1, -0.05) is 30.7 Å². The number of benzene rings is 1. The zero-order valence-corrected chi connectivity index (χ0v) is 14.2. The zero-order chi connectivity index (χ0) is 15.6. The van der Waals surface area contributed by atoms with Crippen molar-refractivity contribution in [3.8, 4) is 10.6 Å². The Hall–Kier alpha value is -1.39. The zero-order valence-electron chi connectivity index (χ0n) is 12.7. The fourth-order valence-electron chi connectivity index (χ4n) is 1.78. The molecule has 0 aliphatic rings. The number of rotatable bonds is 4. The summed E-state index contributed by atoms with van der Waals surface area (Å²) in [5.74, 6) is -0.0583. The molecule has 0 aliphatic heterocycles. The van der Waals surface area contributed by atoms with Crippen molar-refractivity contribution in [1.29, 1.82) is 0 Å². The standard InChI is InChI=1S/C16H19ClN2OS/c1-5-16(3,4)19-14(20)13-10(2)18-15(21-13)11-6-8-12(17)9-7-11/h6-9H,5H2,1-4H3,(H,19,20). The third-order valence-electron chi connectivity index (χ3n) is 3.43. The first-order valence-electron chi connectivity index (χ1n) is 6.88. The minimum absolute atomic E-state index is 0.0583.